The van der Waals surface area contributed by atoms with Crippen molar-refractivity contribution >= 4 is 22.5 Å². The van der Waals surface area contributed by atoms with E-state index in [4.69, 9.17) is 18.9 Å². The van der Waals surface area contributed by atoms with Crippen LogP contribution in [0.3, 0.4) is 0 Å². The van der Waals surface area contributed by atoms with Gasteiger partial charge < -0.3 is 23.8 Å². The lowest BCUT2D eigenvalue weighted by atomic mass is 9.82. The molecule has 0 unspecified atom stereocenters. The number of nitrogens with zero attached hydrogens (tertiary/aromatic N) is 1. The molecule has 194 valence electrons. The van der Waals surface area contributed by atoms with Gasteiger partial charge in [0.15, 0.2) is 5.60 Å². The molecule has 2 heterocycles. The van der Waals surface area contributed by atoms with Crippen molar-refractivity contribution in [3.8, 4) is 17.2 Å². The van der Waals surface area contributed by atoms with Crippen LogP contribution in [0, 0.1) is 0 Å². The fourth-order valence-electron chi connectivity index (χ4n) is 5.58. The van der Waals surface area contributed by atoms with Crippen LogP contribution in [0.1, 0.15) is 29.2 Å². The number of morpholine rings is 1. The van der Waals surface area contributed by atoms with Gasteiger partial charge in [0.05, 0.1) is 27.4 Å². The van der Waals surface area contributed by atoms with Crippen molar-refractivity contribution in [1.82, 2.24) is 0 Å². The first-order valence-electron chi connectivity index (χ1n) is 13.2. The van der Waals surface area contributed by atoms with Crippen molar-refractivity contribution < 1.29 is 18.9 Å². The summed E-state index contributed by atoms with van der Waals surface area (Å²) in [5.41, 5.74) is 4.89. The van der Waals surface area contributed by atoms with E-state index in [1.807, 2.05) is 24.3 Å². The summed E-state index contributed by atoms with van der Waals surface area (Å²) in [6, 6.07) is 25.3. The first-order chi connectivity index (χ1) is 18.6. The number of anilines is 1. The molecule has 0 aliphatic carbocycles. The van der Waals surface area contributed by atoms with Crippen LogP contribution in [-0.2, 0) is 16.8 Å². The third kappa shape index (κ3) is 4.17. The fraction of sp³-hybridized carbons (Fsp3) is 0.273. The number of methoxy groups -OCH3 is 2. The van der Waals surface area contributed by atoms with E-state index in [9.17, 15) is 0 Å². The maximum absolute atomic E-state index is 7.23. The normalized spacial score (nSPS) is 16.1. The Kier molecular flexibility index (Phi) is 6.46. The lowest BCUT2D eigenvalue weighted by Crippen LogP contribution is -2.36. The van der Waals surface area contributed by atoms with Crippen LogP contribution in [0.4, 0.5) is 5.69 Å². The van der Waals surface area contributed by atoms with Crippen molar-refractivity contribution in [3.05, 3.63) is 101 Å². The second kappa shape index (κ2) is 10.1. The topological polar surface area (TPSA) is 40.2 Å². The Balaban J connectivity index is 1.55. The van der Waals surface area contributed by atoms with Crippen molar-refractivity contribution in [3.63, 3.8) is 0 Å². The van der Waals surface area contributed by atoms with Crippen molar-refractivity contribution in [1.29, 1.82) is 0 Å². The van der Waals surface area contributed by atoms with Gasteiger partial charge in [-0.25, -0.2) is 0 Å². The Labute approximate surface area is 224 Å². The molecular weight excluding hydrogens is 474 g/mol. The first kappa shape index (κ1) is 24.4. The Morgan fingerprint density at radius 1 is 0.816 bits per heavy atom. The number of rotatable bonds is 6. The van der Waals surface area contributed by atoms with Gasteiger partial charge in [-0.15, -0.1) is 0 Å². The molecule has 0 aromatic heterocycles. The van der Waals surface area contributed by atoms with Crippen LogP contribution < -0.4 is 19.1 Å². The van der Waals surface area contributed by atoms with Gasteiger partial charge in [0, 0.05) is 40.9 Å². The lowest BCUT2D eigenvalue weighted by Gasteiger charge is -2.37. The van der Waals surface area contributed by atoms with Gasteiger partial charge in [-0.2, -0.15) is 0 Å². The zero-order valence-corrected chi connectivity index (χ0v) is 22.2. The van der Waals surface area contributed by atoms with Crippen LogP contribution in [0.5, 0.6) is 17.2 Å². The monoisotopic (exact) mass is 507 g/mol. The first-order valence-corrected chi connectivity index (χ1v) is 13.2. The predicted molar refractivity (Wildman–Crippen MR) is 153 cm³/mol. The molecule has 38 heavy (non-hydrogen) atoms. The summed E-state index contributed by atoms with van der Waals surface area (Å²) in [6.45, 7) is 5.49. The van der Waals surface area contributed by atoms with E-state index in [0.717, 1.165) is 72.0 Å². The number of benzene rings is 4. The third-order valence-corrected chi connectivity index (χ3v) is 7.74. The molecule has 0 amide bonds. The molecule has 2 aliphatic rings. The minimum atomic E-state index is -0.806. The highest BCUT2D eigenvalue weighted by Gasteiger charge is 2.38. The minimum Gasteiger partial charge on any atom is -0.497 e. The molecule has 0 radical (unpaired) electrons. The quantitative estimate of drug-likeness (QED) is 0.294. The number of hydrogen-bond donors (Lipinski definition) is 0. The Hall–Kier alpha value is -3.96. The van der Waals surface area contributed by atoms with E-state index < -0.39 is 5.60 Å². The predicted octanol–water partition coefficient (Wildman–Crippen LogP) is 6.61. The zero-order valence-electron chi connectivity index (χ0n) is 22.2. The zero-order chi connectivity index (χ0) is 26.1. The summed E-state index contributed by atoms with van der Waals surface area (Å²) in [6.07, 6.45) is 5.36. The average molecular weight is 508 g/mol. The van der Waals surface area contributed by atoms with Gasteiger partial charge in [0.25, 0.3) is 0 Å². The fourth-order valence-corrected chi connectivity index (χ4v) is 5.58. The van der Waals surface area contributed by atoms with E-state index in [-0.39, 0.29) is 0 Å². The second-order valence-electron chi connectivity index (χ2n) is 9.76. The highest BCUT2D eigenvalue weighted by molar-refractivity contribution is 5.96. The minimum absolute atomic E-state index is 0.752. The SMILES string of the molecule is CCc1cc2ccc(N3CCOCC3)cc2c2c1C=CC(c1ccc(OC)cc1)(c1ccc(OC)cc1)O2. The molecule has 0 saturated carbocycles. The molecule has 2 aliphatic heterocycles. The molecule has 4 aromatic carbocycles. The van der Waals surface area contributed by atoms with E-state index in [0.29, 0.717) is 0 Å². The highest BCUT2D eigenvalue weighted by atomic mass is 16.5. The molecule has 0 spiro atoms. The van der Waals surface area contributed by atoms with Crippen LogP contribution in [0.2, 0.25) is 0 Å². The lowest BCUT2D eigenvalue weighted by molar-refractivity contribution is 0.122. The van der Waals surface area contributed by atoms with E-state index >= 15 is 0 Å². The van der Waals surface area contributed by atoms with Gasteiger partial charge in [-0.3, -0.25) is 0 Å². The second-order valence-corrected chi connectivity index (χ2v) is 9.76. The molecule has 0 atom stereocenters. The summed E-state index contributed by atoms with van der Waals surface area (Å²) < 4.78 is 23.7. The van der Waals surface area contributed by atoms with Crippen LogP contribution in [0.25, 0.3) is 16.8 Å². The Bertz CT molecular complexity index is 1420. The molecule has 0 bridgehead atoms. The highest BCUT2D eigenvalue weighted by Crippen LogP contribution is 2.47. The average Bonchev–Trinajstić information content (AvgIpc) is 3.00. The maximum Gasteiger partial charge on any atom is 0.178 e. The smallest absolute Gasteiger partial charge is 0.178 e. The summed E-state index contributed by atoms with van der Waals surface area (Å²) in [7, 11) is 3.37. The molecule has 1 saturated heterocycles. The summed E-state index contributed by atoms with van der Waals surface area (Å²) in [5.74, 6) is 2.55. The number of fused-ring (bicyclic) bond motifs is 3. The standard InChI is InChI=1S/C33H33NO4/c1-4-23-21-24-5-10-27(34-17-19-37-20-18-34)22-31(24)32-30(23)15-16-33(38-32,25-6-11-28(35-2)12-7-25)26-8-13-29(36-3)14-9-26/h5-16,21-22H,4,17-20H2,1-3H3. The molecule has 6 rings (SSSR count). The van der Waals surface area contributed by atoms with Crippen LogP contribution >= 0.6 is 0 Å². The van der Waals surface area contributed by atoms with E-state index in [1.165, 1.54) is 16.6 Å². The Morgan fingerprint density at radius 2 is 1.45 bits per heavy atom. The van der Waals surface area contributed by atoms with Gasteiger partial charge in [-0.1, -0.05) is 49.4 Å². The van der Waals surface area contributed by atoms with Gasteiger partial charge in [0.1, 0.15) is 17.2 Å². The van der Waals surface area contributed by atoms with E-state index in [1.54, 1.807) is 14.2 Å². The van der Waals surface area contributed by atoms with E-state index in [2.05, 4.69) is 72.5 Å². The maximum atomic E-state index is 7.23. The van der Waals surface area contributed by atoms with Crippen LogP contribution in [0.15, 0.2) is 78.9 Å². The molecule has 5 heteroatoms. The molecule has 0 N–H and O–H groups in total. The van der Waals surface area contributed by atoms with Gasteiger partial charge in [0.2, 0.25) is 0 Å². The summed E-state index contributed by atoms with van der Waals surface area (Å²) in [4.78, 5) is 2.39. The molecule has 4 aromatic rings. The number of ether oxygens (including phenoxy) is 4. The number of hydrogen-bond acceptors (Lipinski definition) is 5. The van der Waals surface area contributed by atoms with Crippen LogP contribution in [-0.4, -0.2) is 40.5 Å². The van der Waals surface area contributed by atoms with Gasteiger partial charge in [-0.05, 0) is 59.8 Å². The Morgan fingerprint density at radius 3 is 2.03 bits per heavy atom. The molecule has 1 fully saturated rings. The molecule has 5 nitrogen and oxygen atoms in total. The van der Waals surface area contributed by atoms with Crippen molar-refractivity contribution in [2.45, 2.75) is 18.9 Å². The molecular formula is C33H33NO4. The number of aryl methyl sites for hydroxylation is 1. The van der Waals surface area contributed by atoms with Crippen molar-refractivity contribution in [2.24, 2.45) is 0 Å². The van der Waals surface area contributed by atoms with Gasteiger partial charge >= 0.3 is 0 Å². The third-order valence-electron chi connectivity index (χ3n) is 7.74. The summed E-state index contributed by atoms with van der Waals surface area (Å²) >= 11 is 0. The summed E-state index contributed by atoms with van der Waals surface area (Å²) in [5, 5.41) is 2.31. The largest absolute Gasteiger partial charge is 0.497 e. The van der Waals surface area contributed by atoms with Crippen molar-refractivity contribution in [2.75, 3.05) is 45.4 Å².